The van der Waals surface area contributed by atoms with E-state index in [1.807, 2.05) is 27.2 Å². The summed E-state index contributed by atoms with van der Waals surface area (Å²) in [6, 6.07) is -0.884. The van der Waals surface area contributed by atoms with E-state index in [0.29, 0.717) is 17.4 Å². The van der Waals surface area contributed by atoms with Crippen molar-refractivity contribution < 1.29 is 32.9 Å². The quantitative estimate of drug-likeness (QED) is 0.0273. The largest absolute Gasteiger partial charge is 0.756 e. The fraction of sp³-hybridized carbons (Fsp3) is 0.868. The Morgan fingerprint density at radius 3 is 1.34 bits per heavy atom. The van der Waals surface area contributed by atoms with Crippen molar-refractivity contribution in [1.29, 1.82) is 0 Å². The van der Waals surface area contributed by atoms with E-state index in [2.05, 4.69) is 43.5 Å². The van der Waals surface area contributed by atoms with E-state index < -0.39 is 20.0 Å². The van der Waals surface area contributed by atoms with Crippen molar-refractivity contribution in [2.45, 2.75) is 257 Å². The van der Waals surface area contributed by atoms with Crippen molar-refractivity contribution >= 4 is 13.7 Å². The third kappa shape index (κ3) is 46.7. The smallest absolute Gasteiger partial charge is 0.268 e. The Morgan fingerprint density at radius 1 is 0.565 bits per heavy atom. The Bertz CT molecular complexity index is 1110. The van der Waals surface area contributed by atoms with Crippen LogP contribution in [0.1, 0.15) is 245 Å². The number of aliphatic hydroxyl groups is 1. The lowest BCUT2D eigenvalue weighted by Gasteiger charge is -2.29. The molecule has 9 heteroatoms. The SMILES string of the molecule is CCCCCCC/C=C\C/C=C\CCCCCCCCCCCCCCCCCC(=O)NC(COP(=O)([O-])OCC[N+](C)(C)C)C(O)/C=C/CCCCCCCCCCCCC. The van der Waals surface area contributed by atoms with Gasteiger partial charge in [0.2, 0.25) is 5.91 Å². The molecule has 0 aromatic rings. The first-order valence-corrected chi connectivity index (χ1v) is 27.8. The van der Waals surface area contributed by atoms with Gasteiger partial charge in [0.1, 0.15) is 13.2 Å². The summed E-state index contributed by atoms with van der Waals surface area (Å²) in [6.07, 6.45) is 56.3. The minimum absolute atomic E-state index is 0.000244. The number of carbonyl (C=O) groups excluding carboxylic acids is 1. The number of hydrogen-bond donors (Lipinski definition) is 2. The zero-order chi connectivity index (χ0) is 45.7. The minimum Gasteiger partial charge on any atom is -0.756 e. The van der Waals surface area contributed by atoms with Gasteiger partial charge in [0.15, 0.2) is 0 Å². The third-order valence-electron chi connectivity index (χ3n) is 11.8. The summed E-state index contributed by atoms with van der Waals surface area (Å²) in [5.41, 5.74) is 0. The Labute approximate surface area is 385 Å². The number of nitrogens with one attached hydrogen (secondary N) is 1. The molecule has 1 amide bonds. The third-order valence-corrected chi connectivity index (χ3v) is 12.8. The lowest BCUT2D eigenvalue weighted by atomic mass is 10.0. The van der Waals surface area contributed by atoms with Crippen molar-refractivity contribution in [1.82, 2.24) is 5.32 Å². The van der Waals surface area contributed by atoms with Gasteiger partial charge in [0.05, 0.1) is 39.9 Å². The van der Waals surface area contributed by atoms with Crippen LogP contribution in [0.5, 0.6) is 0 Å². The molecule has 0 radical (unpaired) electrons. The molecular formula is C53H103N2O6P. The summed E-state index contributed by atoms with van der Waals surface area (Å²) in [7, 11) is 1.27. The predicted octanol–water partition coefficient (Wildman–Crippen LogP) is 14.8. The van der Waals surface area contributed by atoms with E-state index in [9.17, 15) is 19.4 Å². The Balaban J connectivity index is 4.15. The molecule has 0 aliphatic carbocycles. The van der Waals surface area contributed by atoms with Crippen LogP contribution in [0.25, 0.3) is 0 Å². The highest BCUT2D eigenvalue weighted by molar-refractivity contribution is 7.45. The van der Waals surface area contributed by atoms with Crippen molar-refractivity contribution in [3.63, 3.8) is 0 Å². The van der Waals surface area contributed by atoms with Crippen LogP contribution in [0.15, 0.2) is 36.5 Å². The van der Waals surface area contributed by atoms with Crippen molar-refractivity contribution in [2.24, 2.45) is 0 Å². The maximum Gasteiger partial charge on any atom is 0.268 e. The zero-order valence-electron chi connectivity index (χ0n) is 41.6. The van der Waals surface area contributed by atoms with Crippen LogP contribution < -0.4 is 10.2 Å². The number of phosphoric ester groups is 1. The number of aliphatic hydroxyl groups excluding tert-OH is 1. The summed E-state index contributed by atoms with van der Waals surface area (Å²) < 4.78 is 23.3. The van der Waals surface area contributed by atoms with Gasteiger partial charge < -0.3 is 28.8 Å². The van der Waals surface area contributed by atoms with E-state index in [0.717, 1.165) is 44.9 Å². The number of quaternary nitrogens is 1. The normalized spacial score (nSPS) is 14.4. The molecule has 0 aliphatic heterocycles. The Morgan fingerprint density at radius 2 is 0.935 bits per heavy atom. The second-order valence-corrected chi connectivity index (χ2v) is 20.6. The van der Waals surface area contributed by atoms with E-state index in [1.54, 1.807) is 6.08 Å². The first-order valence-electron chi connectivity index (χ1n) is 26.4. The average Bonchev–Trinajstić information content (AvgIpc) is 3.23. The monoisotopic (exact) mass is 895 g/mol. The van der Waals surface area contributed by atoms with Crippen molar-refractivity contribution in [3.8, 4) is 0 Å². The van der Waals surface area contributed by atoms with E-state index >= 15 is 0 Å². The number of hydrogen-bond acceptors (Lipinski definition) is 6. The lowest BCUT2D eigenvalue weighted by molar-refractivity contribution is -0.870. The molecular weight excluding hydrogens is 792 g/mol. The van der Waals surface area contributed by atoms with Gasteiger partial charge in [-0.1, -0.05) is 224 Å². The van der Waals surface area contributed by atoms with Gasteiger partial charge in [0.25, 0.3) is 7.82 Å². The molecule has 0 saturated carbocycles. The standard InChI is InChI=1S/C53H103N2O6P/c1-6-8-10-12-14-16-18-20-21-22-23-24-25-26-27-28-29-30-31-32-33-35-37-39-41-43-45-47-53(57)54-51(50-61-62(58,59)60-49-48-55(3,4)5)52(56)46-44-42-40-38-36-34-19-17-15-13-11-9-7-2/h18,20,22-23,44,46,51-52,56H,6-17,19,21,24-43,45,47-50H2,1-5H3,(H-,54,57,58,59)/b20-18-,23-22-,46-44+. The molecule has 3 atom stereocenters. The number of carbonyl (C=O) groups is 1. The van der Waals surface area contributed by atoms with Gasteiger partial charge in [-0.3, -0.25) is 9.36 Å². The maximum atomic E-state index is 12.9. The summed E-state index contributed by atoms with van der Waals surface area (Å²) >= 11 is 0. The number of nitrogens with zero attached hydrogens (tertiary/aromatic N) is 1. The molecule has 0 spiro atoms. The summed E-state index contributed by atoms with van der Waals surface area (Å²) in [5.74, 6) is -0.197. The van der Waals surface area contributed by atoms with Gasteiger partial charge in [-0.25, -0.2) is 0 Å². The summed E-state index contributed by atoms with van der Waals surface area (Å²) in [5, 5.41) is 13.8. The minimum atomic E-state index is -4.59. The molecule has 0 heterocycles. The Kier molecular flexibility index (Phi) is 44.0. The molecule has 0 rings (SSSR count). The molecule has 0 aromatic heterocycles. The van der Waals surface area contributed by atoms with Gasteiger partial charge >= 0.3 is 0 Å². The number of amides is 1. The molecule has 0 saturated heterocycles. The van der Waals surface area contributed by atoms with Crippen LogP contribution in [0, 0.1) is 0 Å². The van der Waals surface area contributed by atoms with Gasteiger partial charge in [-0.2, -0.15) is 0 Å². The molecule has 3 unspecified atom stereocenters. The second-order valence-electron chi connectivity index (χ2n) is 19.2. The van der Waals surface area contributed by atoms with Crippen LogP contribution in [0.3, 0.4) is 0 Å². The second kappa shape index (κ2) is 44.9. The molecule has 0 aliphatic rings. The molecule has 366 valence electrons. The van der Waals surface area contributed by atoms with Gasteiger partial charge in [-0.05, 0) is 51.4 Å². The van der Waals surface area contributed by atoms with Crippen LogP contribution in [0.2, 0.25) is 0 Å². The first kappa shape index (κ1) is 60.7. The summed E-state index contributed by atoms with van der Waals surface area (Å²) in [6.45, 7) is 4.65. The van der Waals surface area contributed by atoms with Crippen LogP contribution in [0.4, 0.5) is 0 Å². The summed E-state index contributed by atoms with van der Waals surface area (Å²) in [4.78, 5) is 25.4. The molecule has 2 N–H and O–H groups in total. The average molecular weight is 895 g/mol. The van der Waals surface area contributed by atoms with Crippen molar-refractivity contribution in [3.05, 3.63) is 36.5 Å². The van der Waals surface area contributed by atoms with E-state index in [1.165, 1.54) is 180 Å². The molecule has 62 heavy (non-hydrogen) atoms. The maximum absolute atomic E-state index is 12.9. The fourth-order valence-corrected chi connectivity index (χ4v) is 8.38. The molecule has 0 fully saturated rings. The number of rotatable bonds is 48. The highest BCUT2D eigenvalue weighted by Crippen LogP contribution is 2.38. The van der Waals surface area contributed by atoms with E-state index in [4.69, 9.17) is 9.05 Å². The topological polar surface area (TPSA) is 108 Å². The molecule has 0 bridgehead atoms. The van der Waals surface area contributed by atoms with Crippen LogP contribution in [-0.2, 0) is 18.4 Å². The highest BCUT2D eigenvalue weighted by Gasteiger charge is 2.23. The van der Waals surface area contributed by atoms with E-state index in [-0.39, 0.29) is 19.1 Å². The van der Waals surface area contributed by atoms with Crippen LogP contribution >= 0.6 is 7.82 Å². The lowest BCUT2D eigenvalue weighted by Crippen LogP contribution is -2.45. The molecule has 8 nitrogen and oxygen atoms in total. The predicted molar refractivity (Wildman–Crippen MR) is 265 cm³/mol. The number of unbranched alkanes of at least 4 members (excludes halogenated alkanes) is 31. The van der Waals surface area contributed by atoms with Gasteiger partial charge in [0, 0.05) is 6.42 Å². The Hall–Kier alpha value is -1.28. The first-order chi connectivity index (χ1) is 30.0. The van der Waals surface area contributed by atoms with Gasteiger partial charge in [-0.15, -0.1) is 0 Å². The van der Waals surface area contributed by atoms with Crippen molar-refractivity contribution in [2.75, 3.05) is 40.9 Å². The number of phosphoric acid groups is 1. The fourth-order valence-electron chi connectivity index (χ4n) is 7.65. The highest BCUT2D eigenvalue weighted by atomic mass is 31.2. The zero-order valence-corrected chi connectivity index (χ0v) is 42.5. The van der Waals surface area contributed by atoms with Crippen LogP contribution in [-0.4, -0.2) is 68.5 Å². The number of allylic oxidation sites excluding steroid dienone is 5. The number of likely N-dealkylation sites (N-methyl/N-ethyl adjacent to an activating group) is 1. The molecule has 0 aromatic carbocycles.